The summed E-state index contributed by atoms with van der Waals surface area (Å²) in [5, 5.41) is 27.7. The third-order valence-electron chi connectivity index (χ3n) is 7.63. The van der Waals surface area contributed by atoms with Gasteiger partial charge >= 0.3 is 0 Å². The van der Waals surface area contributed by atoms with Crippen molar-refractivity contribution in [3.63, 3.8) is 0 Å². The van der Waals surface area contributed by atoms with Gasteiger partial charge in [-0.3, -0.25) is 15.0 Å². The van der Waals surface area contributed by atoms with Crippen LogP contribution in [0, 0.1) is 5.41 Å². The Morgan fingerprint density at radius 3 is 2.60 bits per heavy atom. The highest BCUT2D eigenvalue weighted by Gasteiger charge is 2.29. The normalized spacial score (nSPS) is 20.1. The second-order valence-electron chi connectivity index (χ2n) is 10.6. The average Bonchev–Trinajstić information content (AvgIpc) is 3.43. The molecular weight excluding hydrogens is 560 g/mol. The minimum atomic E-state index is -0.176. The van der Waals surface area contributed by atoms with Gasteiger partial charge in [0.05, 0.1) is 50.0 Å². The van der Waals surface area contributed by atoms with Crippen LogP contribution in [0.15, 0.2) is 36.8 Å². The Hall–Kier alpha value is -3.45. The number of nitrogens with one attached hydrogen (secondary N) is 3. The number of halogens is 1. The molecule has 0 bridgehead atoms. The second-order valence-corrected chi connectivity index (χ2v) is 11.0. The Morgan fingerprint density at radius 1 is 1.14 bits per heavy atom. The molecule has 1 saturated carbocycles. The van der Waals surface area contributed by atoms with Crippen molar-refractivity contribution in [2.75, 3.05) is 51.4 Å². The van der Waals surface area contributed by atoms with Crippen LogP contribution >= 0.6 is 11.6 Å². The number of aromatic nitrogens is 4. The van der Waals surface area contributed by atoms with Crippen LogP contribution in [0.2, 0.25) is 5.02 Å². The minimum Gasteiger partial charge on any atom is -0.487 e. The molecule has 1 aliphatic carbocycles. The molecule has 2 aliphatic rings. The molecule has 0 radical (unpaired) electrons. The zero-order chi connectivity index (χ0) is 29.3. The summed E-state index contributed by atoms with van der Waals surface area (Å²) in [6, 6.07) is 6.41. The Kier molecular flexibility index (Phi) is 10.5. The van der Waals surface area contributed by atoms with Gasteiger partial charge in [0.2, 0.25) is 5.95 Å². The zero-order valence-electron chi connectivity index (χ0n) is 23.8. The first-order valence-corrected chi connectivity index (χ1v) is 14.8. The van der Waals surface area contributed by atoms with Crippen molar-refractivity contribution in [2.24, 2.45) is 0 Å². The van der Waals surface area contributed by atoms with Crippen LogP contribution in [0.4, 0.5) is 11.6 Å². The molecular formula is C29H39ClN8O4. The highest BCUT2D eigenvalue weighted by atomic mass is 35.5. The summed E-state index contributed by atoms with van der Waals surface area (Å²) in [5.41, 5.74) is 2.32. The van der Waals surface area contributed by atoms with Gasteiger partial charge in [0.15, 0.2) is 0 Å². The van der Waals surface area contributed by atoms with Crippen LogP contribution < -0.4 is 20.1 Å². The van der Waals surface area contributed by atoms with Crippen LogP contribution in [-0.2, 0) is 4.74 Å². The standard InChI is InChI=1S/C29H39ClN8O4/c1-20(15-32-19-31)42-27-14-21(2-7-25(27)30)22-16-33-29(34-17-22)35-26-18-38(36-28(26)41-13-10-39)24-5-3-23(4-6-24)37-8-11-40-12-9-37/h2,7,14,16-20,23-24,39H,3-6,8-13,15H2,1H3,(H2,31,32)(H,33,34,35)/t20-,23?,24?/m0/s1. The van der Waals surface area contributed by atoms with E-state index in [9.17, 15) is 5.11 Å². The molecule has 1 saturated heterocycles. The summed E-state index contributed by atoms with van der Waals surface area (Å²) in [4.78, 5) is 11.6. The molecule has 42 heavy (non-hydrogen) atoms. The van der Waals surface area contributed by atoms with Gasteiger partial charge in [0.25, 0.3) is 5.88 Å². The number of benzene rings is 1. The number of ether oxygens (including phenoxy) is 3. The third kappa shape index (κ3) is 7.68. The van der Waals surface area contributed by atoms with Gasteiger partial charge in [-0.25, -0.2) is 9.97 Å². The maximum Gasteiger partial charge on any atom is 0.257 e. The molecule has 2 fully saturated rings. The van der Waals surface area contributed by atoms with Crippen molar-refractivity contribution < 1.29 is 19.3 Å². The van der Waals surface area contributed by atoms with Crippen LogP contribution in [0.25, 0.3) is 11.1 Å². The lowest BCUT2D eigenvalue weighted by atomic mass is 9.90. The molecule has 0 amide bonds. The Morgan fingerprint density at radius 2 is 1.88 bits per heavy atom. The minimum absolute atomic E-state index is 0.104. The van der Waals surface area contributed by atoms with Gasteiger partial charge in [0.1, 0.15) is 24.1 Å². The van der Waals surface area contributed by atoms with Crippen LogP contribution in [0.5, 0.6) is 11.6 Å². The lowest BCUT2D eigenvalue weighted by Gasteiger charge is -2.38. The summed E-state index contributed by atoms with van der Waals surface area (Å²) in [6.45, 7) is 6.10. The lowest BCUT2D eigenvalue weighted by molar-refractivity contribution is 0.00502. The first kappa shape index (κ1) is 30.0. The zero-order valence-corrected chi connectivity index (χ0v) is 24.6. The molecule has 3 aromatic rings. The maximum atomic E-state index is 9.33. The fourth-order valence-electron chi connectivity index (χ4n) is 5.45. The van der Waals surface area contributed by atoms with E-state index in [4.69, 9.17) is 36.3 Å². The fraction of sp³-hybridized carbons (Fsp3) is 0.517. The van der Waals surface area contributed by atoms with Gasteiger partial charge in [-0.05, 0) is 50.3 Å². The van der Waals surface area contributed by atoms with Crippen molar-refractivity contribution in [1.82, 2.24) is 30.0 Å². The van der Waals surface area contributed by atoms with Gasteiger partial charge in [-0.15, -0.1) is 5.10 Å². The first-order valence-electron chi connectivity index (χ1n) is 14.5. The van der Waals surface area contributed by atoms with Crippen molar-refractivity contribution in [3.05, 3.63) is 41.8 Å². The second kappa shape index (κ2) is 14.6. The number of aliphatic hydroxyl groups excluding tert-OH is 1. The van der Waals surface area contributed by atoms with Crippen LogP contribution in [-0.4, -0.2) is 94.3 Å². The van der Waals surface area contributed by atoms with E-state index in [1.807, 2.05) is 29.9 Å². The number of anilines is 2. The fourth-order valence-corrected chi connectivity index (χ4v) is 5.61. The predicted molar refractivity (Wildman–Crippen MR) is 161 cm³/mol. The highest BCUT2D eigenvalue weighted by Crippen LogP contribution is 2.35. The van der Waals surface area contributed by atoms with Gasteiger partial charge in [-0.2, -0.15) is 0 Å². The van der Waals surface area contributed by atoms with Crippen LogP contribution in [0.3, 0.4) is 0 Å². The highest BCUT2D eigenvalue weighted by molar-refractivity contribution is 6.32. The smallest absolute Gasteiger partial charge is 0.257 e. The number of nitrogens with zero attached hydrogens (tertiary/aromatic N) is 5. The predicted octanol–water partition coefficient (Wildman–Crippen LogP) is 3.89. The van der Waals surface area contributed by atoms with Crippen molar-refractivity contribution in [1.29, 1.82) is 5.41 Å². The number of hydrogen-bond donors (Lipinski definition) is 4. The summed E-state index contributed by atoms with van der Waals surface area (Å²) < 4.78 is 19.2. The third-order valence-corrected chi connectivity index (χ3v) is 7.94. The Balaban J connectivity index is 1.25. The maximum absolute atomic E-state index is 9.33. The molecule has 226 valence electrons. The topological polar surface area (TPSA) is 143 Å². The number of aliphatic hydroxyl groups is 1. The molecule has 0 unspecified atom stereocenters. The molecule has 1 atom stereocenters. The molecule has 1 aromatic carbocycles. The van der Waals surface area contributed by atoms with E-state index in [0.717, 1.165) is 69.5 Å². The van der Waals surface area contributed by atoms with Gasteiger partial charge < -0.3 is 30.0 Å². The van der Waals surface area contributed by atoms with Crippen molar-refractivity contribution in [3.8, 4) is 22.8 Å². The lowest BCUT2D eigenvalue weighted by Crippen LogP contribution is -2.45. The number of rotatable bonds is 13. The summed E-state index contributed by atoms with van der Waals surface area (Å²) in [5.74, 6) is 1.37. The summed E-state index contributed by atoms with van der Waals surface area (Å²) in [7, 11) is 0. The number of hydrogen-bond acceptors (Lipinski definition) is 10. The van der Waals surface area contributed by atoms with Gasteiger partial charge in [-0.1, -0.05) is 17.7 Å². The van der Waals surface area contributed by atoms with E-state index < -0.39 is 0 Å². The SMILES string of the molecule is C[C@@H](CNC=N)Oc1cc(-c2cnc(Nc3cn(C4CCC(N5CCOCC5)CC4)nc3OCCO)nc2)ccc1Cl. The van der Waals surface area contributed by atoms with E-state index in [0.29, 0.717) is 40.9 Å². The quantitative estimate of drug-likeness (QED) is 0.169. The molecule has 13 heteroatoms. The Labute approximate surface area is 250 Å². The van der Waals surface area contributed by atoms with E-state index in [1.165, 1.54) is 0 Å². The molecule has 12 nitrogen and oxygen atoms in total. The van der Waals surface area contributed by atoms with E-state index in [2.05, 4.69) is 25.5 Å². The number of morpholine rings is 1. The van der Waals surface area contributed by atoms with E-state index >= 15 is 0 Å². The van der Waals surface area contributed by atoms with Crippen molar-refractivity contribution in [2.45, 2.75) is 50.8 Å². The monoisotopic (exact) mass is 598 g/mol. The molecule has 0 spiro atoms. The average molecular weight is 599 g/mol. The Bertz CT molecular complexity index is 1290. The van der Waals surface area contributed by atoms with Crippen LogP contribution in [0.1, 0.15) is 38.6 Å². The van der Waals surface area contributed by atoms with E-state index in [-0.39, 0.29) is 25.4 Å². The van der Waals surface area contributed by atoms with Crippen molar-refractivity contribution >= 4 is 29.6 Å². The molecule has 3 heterocycles. The molecule has 4 N–H and O–H groups in total. The summed E-state index contributed by atoms with van der Waals surface area (Å²) >= 11 is 6.36. The van der Waals surface area contributed by atoms with Gasteiger partial charge in [0, 0.05) is 37.1 Å². The first-order chi connectivity index (χ1) is 20.5. The summed E-state index contributed by atoms with van der Waals surface area (Å²) in [6.07, 6.45) is 10.7. The molecule has 5 rings (SSSR count). The van der Waals surface area contributed by atoms with E-state index in [1.54, 1.807) is 18.5 Å². The molecule has 1 aliphatic heterocycles. The molecule has 2 aromatic heterocycles. The largest absolute Gasteiger partial charge is 0.487 e.